The van der Waals surface area contributed by atoms with E-state index in [-0.39, 0.29) is 5.92 Å². The van der Waals surface area contributed by atoms with Gasteiger partial charge in [0.2, 0.25) is 11.8 Å². The molecule has 1 aromatic carbocycles. The molecule has 2 aliphatic rings. The van der Waals surface area contributed by atoms with Crippen LogP contribution in [0.5, 0.6) is 0 Å². The number of hydrogen-bond acceptors (Lipinski definition) is 4. The van der Waals surface area contributed by atoms with E-state index in [1.165, 1.54) is 12.8 Å². The van der Waals surface area contributed by atoms with Crippen LogP contribution < -0.4 is 0 Å². The minimum absolute atomic E-state index is 0.184. The molecule has 2 aromatic rings. The molecule has 5 nitrogen and oxygen atoms in total. The van der Waals surface area contributed by atoms with Crippen LogP contribution in [0.3, 0.4) is 0 Å². The Morgan fingerprint density at radius 3 is 2.39 bits per heavy atom. The van der Waals surface area contributed by atoms with Crippen LogP contribution in [0.1, 0.15) is 44.4 Å². The van der Waals surface area contributed by atoms with Crippen molar-refractivity contribution in [2.24, 2.45) is 5.92 Å². The van der Waals surface area contributed by atoms with Gasteiger partial charge in [0.25, 0.3) is 0 Å². The van der Waals surface area contributed by atoms with Crippen molar-refractivity contribution in [3.8, 4) is 11.3 Å². The molecular formula is C22H28ClN3O2. The molecule has 28 heavy (non-hydrogen) atoms. The van der Waals surface area contributed by atoms with Gasteiger partial charge in [-0.05, 0) is 63.0 Å². The lowest BCUT2D eigenvalue weighted by Crippen LogP contribution is -2.42. The molecule has 1 aromatic heterocycles. The van der Waals surface area contributed by atoms with E-state index in [4.69, 9.17) is 16.0 Å². The Bertz CT molecular complexity index is 773. The first-order valence-electron chi connectivity index (χ1n) is 10.4. The van der Waals surface area contributed by atoms with Crippen LogP contribution in [0, 0.1) is 5.92 Å². The number of hydrogen-bond donors (Lipinski definition) is 0. The average molecular weight is 402 g/mol. The molecule has 2 fully saturated rings. The molecule has 3 heterocycles. The van der Waals surface area contributed by atoms with Crippen molar-refractivity contribution in [2.45, 2.75) is 45.1 Å². The predicted octanol–water partition coefficient (Wildman–Crippen LogP) is 4.61. The molecule has 1 amide bonds. The molecule has 4 rings (SSSR count). The zero-order chi connectivity index (χ0) is 19.3. The number of rotatable bonds is 4. The number of benzene rings is 1. The molecule has 2 saturated heterocycles. The van der Waals surface area contributed by atoms with Crippen LogP contribution in [0.25, 0.3) is 11.3 Å². The van der Waals surface area contributed by atoms with Crippen LogP contribution in [-0.4, -0.2) is 46.9 Å². The predicted molar refractivity (Wildman–Crippen MR) is 110 cm³/mol. The number of nitrogens with zero attached hydrogens (tertiary/aromatic N) is 3. The van der Waals surface area contributed by atoms with E-state index in [9.17, 15) is 4.79 Å². The monoisotopic (exact) mass is 401 g/mol. The van der Waals surface area contributed by atoms with Crippen LogP contribution >= 0.6 is 11.6 Å². The molecule has 6 heteroatoms. The number of likely N-dealkylation sites (tertiary alicyclic amines) is 2. The Labute approximate surface area is 171 Å². The highest BCUT2D eigenvalue weighted by Gasteiger charge is 2.29. The fourth-order valence-electron chi connectivity index (χ4n) is 4.21. The summed E-state index contributed by atoms with van der Waals surface area (Å²) in [6, 6.07) is 7.58. The van der Waals surface area contributed by atoms with E-state index in [0.717, 1.165) is 69.1 Å². The lowest BCUT2D eigenvalue weighted by atomic mass is 9.95. The molecule has 0 bridgehead atoms. The van der Waals surface area contributed by atoms with E-state index in [0.29, 0.717) is 17.5 Å². The van der Waals surface area contributed by atoms with Crippen LogP contribution in [0.4, 0.5) is 0 Å². The molecule has 0 saturated carbocycles. The van der Waals surface area contributed by atoms with Gasteiger partial charge in [-0.2, -0.15) is 0 Å². The number of carbonyl (C=O) groups is 1. The van der Waals surface area contributed by atoms with E-state index in [1.54, 1.807) is 6.20 Å². The van der Waals surface area contributed by atoms with Crippen LogP contribution in [-0.2, 0) is 11.3 Å². The number of aromatic nitrogens is 1. The minimum atomic E-state index is 0.184. The second kappa shape index (κ2) is 9.10. The fraction of sp³-hybridized carbons (Fsp3) is 0.545. The van der Waals surface area contributed by atoms with E-state index < -0.39 is 0 Å². The summed E-state index contributed by atoms with van der Waals surface area (Å²) in [6.45, 7) is 4.43. The summed E-state index contributed by atoms with van der Waals surface area (Å²) in [5, 5.41) is 0.709. The highest BCUT2D eigenvalue weighted by molar-refractivity contribution is 6.30. The van der Waals surface area contributed by atoms with Crippen LogP contribution in [0.2, 0.25) is 5.02 Å². The average Bonchev–Trinajstić information content (AvgIpc) is 3.01. The summed E-state index contributed by atoms with van der Waals surface area (Å²) < 4.78 is 5.92. The third kappa shape index (κ3) is 4.76. The van der Waals surface area contributed by atoms with Gasteiger partial charge in [0, 0.05) is 29.6 Å². The second-order valence-corrected chi connectivity index (χ2v) is 8.35. The van der Waals surface area contributed by atoms with Crippen molar-refractivity contribution in [1.29, 1.82) is 0 Å². The Balaban J connectivity index is 1.28. The van der Waals surface area contributed by atoms with Gasteiger partial charge in [0.1, 0.15) is 0 Å². The minimum Gasteiger partial charge on any atom is -0.439 e. The molecule has 0 atom stereocenters. The smallest absolute Gasteiger partial charge is 0.225 e. The summed E-state index contributed by atoms with van der Waals surface area (Å²) in [6.07, 6.45) is 8.47. The molecule has 0 unspecified atom stereocenters. The van der Waals surface area contributed by atoms with Gasteiger partial charge in [-0.1, -0.05) is 24.4 Å². The number of amides is 1. The van der Waals surface area contributed by atoms with Gasteiger partial charge in [-0.3, -0.25) is 9.69 Å². The van der Waals surface area contributed by atoms with Crippen molar-refractivity contribution >= 4 is 17.5 Å². The van der Waals surface area contributed by atoms with Crippen molar-refractivity contribution in [2.75, 3.05) is 26.2 Å². The number of carbonyl (C=O) groups excluding carboxylic acids is 1. The van der Waals surface area contributed by atoms with E-state index in [1.807, 2.05) is 24.3 Å². The lowest BCUT2D eigenvalue weighted by Gasteiger charge is -2.33. The molecule has 0 aliphatic carbocycles. The summed E-state index contributed by atoms with van der Waals surface area (Å²) in [5.41, 5.74) is 0.977. The summed E-state index contributed by atoms with van der Waals surface area (Å²) in [5.74, 6) is 2.05. The highest BCUT2D eigenvalue weighted by Crippen LogP contribution is 2.25. The normalized spacial score (nSPS) is 19.5. The topological polar surface area (TPSA) is 49.6 Å². The molecule has 2 aliphatic heterocycles. The van der Waals surface area contributed by atoms with Gasteiger partial charge in [-0.15, -0.1) is 0 Å². The molecule has 150 valence electrons. The number of piperidine rings is 1. The largest absolute Gasteiger partial charge is 0.439 e. The Hall–Kier alpha value is -1.85. The molecule has 0 radical (unpaired) electrons. The van der Waals surface area contributed by atoms with Crippen molar-refractivity contribution in [3.63, 3.8) is 0 Å². The standard InChI is InChI=1S/C22H28ClN3O2/c23-19-7-5-17(6-8-19)20-15-24-21(28-20)16-25-13-9-18(10-14-25)22(27)26-11-3-1-2-4-12-26/h5-8,15,18H,1-4,9-14,16H2. The summed E-state index contributed by atoms with van der Waals surface area (Å²) in [7, 11) is 0. The summed E-state index contributed by atoms with van der Waals surface area (Å²) in [4.78, 5) is 21.7. The van der Waals surface area contributed by atoms with Crippen molar-refractivity contribution in [3.05, 3.63) is 41.4 Å². The number of oxazole rings is 1. The van der Waals surface area contributed by atoms with Crippen molar-refractivity contribution in [1.82, 2.24) is 14.8 Å². The lowest BCUT2D eigenvalue weighted by molar-refractivity contribution is -0.137. The van der Waals surface area contributed by atoms with Gasteiger partial charge in [0.05, 0.1) is 12.7 Å². The zero-order valence-electron chi connectivity index (χ0n) is 16.3. The maximum absolute atomic E-state index is 12.8. The van der Waals surface area contributed by atoms with Crippen LogP contribution in [0.15, 0.2) is 34.9 Å². The second-order valence-electron chi connectivity index (χ2n) is 7.92. The van der Waals surface area contributed by atoms with E-state index >= 15 is 0 Å². The molecule has 0 spiro atoms. The molecular weight excluding hydrogens is 374 g/mol. The van der Waals surface area contributed by atoms with Gasteiger partial charge in [0.15, 0.2) is 5.76 Å². The first-order chi connectivity index (χ1) is 13.7. The fourth-order valence-corrected chi connectivity index (χ4v) is 4.34. The Morgan fingerprint density at radius 2 is 1.71 bits per heavy atom. The number of halogens is 1. The highest BCUT2D eigenvalue weighted by atomic mass is 35.5. The quantitative estimate of drug-likeness (QED) is 0.750. The third-order valence-electron chi connectivity index (χ3n) is 5.90. The SMILES string of the molecule is O=C(C1CCN(Cc2ncc(-c3ccc(Cl)cc3)o2)CC1)N1CCCCCC1. The van der Waals surface area contributed by atoms with Crippen molar-refractivity contribution < 1.29 is 9.21 Å². The maximum atomic E-state index is 12.8. The zero-order valence-corrected chi connectivity index (χ0v) is 17.0. The third-order valence-corrected chi connectivity index (χ3v) is 6.15. The Morgan fingerprint density at radius 1 is 1.04 bits per heavy atom. The Kier molecular flexibility index (Phi) is 6.33. The molecule has 0 N–H and O–H groups in total. The maximum Gasteiger partial charge on any atom is 0.225 e. The van der Waals surface area contributed by atoms with Gasteiger partial charge in [-0.25, -0.2) is 4.98 Å². The first kappa shape index (κ1) is 19.5. The van der Waals surface area contributed by atoms with Gasteiger partial charge >= 0.3 is 0 Å². The summed E-state index contributed by atoms with van der Waals surface area (Å²) >= 11 is 5.94. The van der Waals surface area contributed by atoms with E-state index in [2.05, 4.69) is 14.8 Å². The van der Waals surface area contributed by atoms with Gasteiger partial charge < -0.3 is 9.32 Å². The first-order valence-corrected chi connectivity index (χ1v) is 10.8.